The van der Waals surface area contributed by atoms with Crippen LogP contribution in [-0.2, 0) is 11.8 Å². The van der Waals surface area contributed by atoms with Gasteiger partial charge in [0.05, 0.1) is 12.8 Å². The molecule has 0 unspecified atom stereocenters. The number of carbonyl (C=O) groups excluding carboxylic acids is 2. The largest absolute Gasteiger partial charge is 0.465 e. The number of hydrogen-bond acceptors (Lipinski definition) is 4. The molecule has 18 heavy (non-hydrogen) atoms. The maximum atomic E-state index is 12.1. The Morgan fingerprint density at radius 3 is 2.33 bits per heavy atom. The van der Waals surface area contributed by atoms with Gasteiger partial charge in [-0.3, -0.25) is 9.48 Å². The van der Waals surface area contributed by atoms with Gasteiger partial charge in [-0.05, 0) is 27.7 Å². The lowest BCUT2D eigenvalue weighted by Crippen LogP contribution is -2.41. The summed E-state index contributed by atoms with van der Waals surface area (Å²) < 4.78 is 6.17. The summed E-state index contributed by atoms with van der Waals surface area (Å²) in [7, 11) is 2.95. The van der Waals surface area contributed by atoms with E-state index in [2.05, 4.69) is 15.2 Å². The molecular weight excluding hydrogens is 234 g/mol. The van der Waals surface area contributed by atoms with E-state index in [1.807, 2.05) is 20.8 Å². The normalized spacial score (nSPS) is 11.2. The molecule has 0 saturated carbocycles. The molecule has 0 spiro atoms. The number of amides is 1. The van der Waals surface area contributed by atoms with E-state index in [1.165, 1.54) is 11.8 Å². The fourth-order valence-electron chi connectivity index (χ4n) is 1.51. The maximum Gasteiger partial charge on any atom is 0.342 e. The Labute approximate surface area is 106 Å². The Kier molecular flexibility index (Phi) is 3.79. The number of methoxy groups -OCH3 is 1. The minimum absolute atomic E-state index is 0.0942. The molecule has 6 heteroatoms. The summed E-state index contributed by atoms with van der Waals surface area (Å²) in [6, 6.07) is 0. The number of rotatable bonds is 2. The first-order valence-electron chi connectivity index (χ1n) is 5.62. The van der Waals surface area contributed by atoms with Crippen LogP contribution in [0.3, 0.4) is 0 Å². The Balaban J connectivity index is 3.21. The second-order valence-electron chi connectivity index (χ2n) is 5.13. The number of nitrogens with one attached hydrogen (secondary N) is 1. The van der Waals surface area contributed by atoms with Crippen molar-refractivity contribution in [1.29, 1.82) is 0 Å². The van der Waals surface area contributed by atoms with Crippen molar-refractivity contribution in [1.82, 2.24) is 15.1 Å². The molecule has 0 aliphatic rings. The van der Waals surface area contributed by atoms with E-state index in [9.17, 15) is 9.59 Å². The molecule has 0 fully saturated rings. The van der Waals surface area contributed by atoms with Gasteiger partial charge in [-0.15, -0.1) is 0 Å². The molecule has 6 nitrogen and oxygen atoms in total. The molecule has 0 radical (unpaired) electrons. The minimum atomic E-state index is -0.556. The minimum Gasteiger partial charge on any atom is -0.465 e. The van der Waals surface area contributed by atoms with Crippen LogP contribution in [0.25, 0.3) is 0 Å². The molecule has 100 valence electrons. The van der Waals surface area contributed by atoms with Gasteiger partial charge in [0.2, 0.25) is 0 Å². The van der Waals surface area contributed by atoms with Crippen molar-refractivity contribution >= 4 is 11.9 Å². The monoisotopic (exact) mass is 253 g/mol. The zero-order chi connectivity index (χ0) is 14.1. The second kappa shape index (κ2) is 4.80. The Morgan fingerprint density at radius 2 is 1.89 bits per heavy atom. The zero-order valence-electron chi connectivity index (χ0n) is 11.6. The third kappa shape index (κ3) is 2.88. The van der Waals surface area contributed by atoms with E-state index in [1.54, 1.807) is 14.0 Å². The molecule has 1 N–H and O–H groups in total. The summed E-state index contributed by atoms with van der Waals surface area (Å²) in [4.78, 5) is 23.8. The van der Waals surface area contributed by atoms with Crippen molar-refractivity contribution in [3.05, 3.63) is 17.0 Å². The molecule has 1 aromatic heterocycles. The molecule has 0 aliphatic heterocycles. The second-order valence-corrected chi connectivity index (χ2v) is 5.13. The molecule has 0 aliphatic carbocycles. The zero-order valence-corrected chi connectivity index (χ0v) is 11.6. The van der Waals surface area contributed by atoms with Gasteiger partial charge in [0.1, 0.15) is 5.56 Å². The number of ether oxygens (including phenoxy) is 1. The fourth-order valence-corrected chi connectivity index (χ4v) is 1.51. The van der Waals surface area contributed by atoms with Crippen molar-refractivity contribution in [3.8, 4) is 0 Å². The SMILES string of the molecule is COC(=O)c1c(C(=O)NC(C)(C)C)nn(C)c1C. The van der Waals surface area contributed by atoms with Crippen molar-refractivity contribution in [2.24, 2.45) is 7.05 Å². The van der Waals surface area contributed by atoms with Crippen molar-refractivity contribution in [3.63, 3.8) is 0 Å². The Bertz CT molecular complexity index is 483. The summed E-state index contributed by atoms with van der Waals surface area (Å²) in [5.41, 5.74) is 0.509. The first-order chi connectivity index (χ1) is 8.17. The van der Waals surface area contributed by atoms with Crippen molar-refractivity contribution < 1.29 is 14.3 Å². The number of carbonyl (C=O) groups is 2. The quantitative estimate of drug-likeness (QED) is 0.799. The van der Waals surface area contributed by atoms with E-state index >= 15 is 0 Å². The average molecular weight is 253 g/mol. The number of esters is 1. The molecule has 1 aromatic rings. The molecule has 1 amide bonds. The predicted molar refractivity (Wildman–Crippen MR) is 66.5 cm³/mol. The van der Waals surface area contributed by atoms with Crippen LogP contribution in [0.5, 0.6) is 0 Å². The van der Waals surface area contributed by atoms with E-state index in [0.29, 0.717) is 5.69 Å². The first-order valence-corrected chi connectivity index (χ1v) is 5.62. The highest BCUT2D eigenvalue weighted by molar-refractivity contribution is 6.04. The molecule has 1 heterocycles. The van der Waals surface area contributed by atoms with Crippen molar-refractivity contribution in [2.45, 2.75) is 33.2 Å². The van der Waals surface area contributed by atoms with Gasteiger partial charge in [-0.25, -0.2) is 4.79 Å². The van der Waals surface area contributed by atoms with E-state index in [4.69, 9.17) is 0 Å². The van der Waals surface area contributed by atoms with Crippen LogP contribution in [0.4, 0.5) is 0 Å². The lowest BCUT2D eigenvalue weighted by molar-refractivity contribution is 0.0594. The summed E-state index contributed by atoms with van der Waals surface area (Å²) in [5, 5.41) is 6.84. The van der Waals surface area contributed by atoms with Crippen LogP contribution in [0, 0.1) is 6.92 Å². The van der Waals surface area contributed by atoms with Crippen LogP contribution in [0.1, 0.15) is 47.3 Å². The van der Waals surface area contributed by atoms with Gasteiger partial charge >= 0.3 is 5.97 Å². The van der Waals surface area contributed by atoms with Gasteiger partial charge in [0, 0.05) is 12.6 Å². The fraction of sp³-hybridized carbons (Fsp3) is 0.583. The van der Waals surface area contributed by atoms with E-state index in [-0.39, 0.29) is 17.2 Å². The number of hydrogen-bond donors (Lipinski definition) is 1. The topological polar surface area (TPSA) is 73.2 Å². The maximum absolute atomic E-state index is 12.1. The number of nitrogens with zero attached hydrogens (tertiary/aromatic N) is 2. The van der Waals surface area contributed by atoms with Gasteiger partial charge in [-0.2, -0.15) is 5.10 Å². The van der Waals surface area contributed by atoms with E-state index < -0.39 is 11.5 Å². The van der Waals surface area contributed by atoms with Crippen LogP contribution in [-0.4, -0.2) is 34.3 Å². The molecule has 0 bridgehead atoms. The summed E-state index contributed by atoms with van der Waals surface area (Å²) >= 11 is 0. The van der Waals surface area contributed by atoms with Crippen LogP contribution >= 0.6 is 0 Å². The van der Waals surface area contributed by atoms with E-state index in [0.717, 1.165) is 0 Å². The van der Waals surface area contributed by atoms with Gasteiger partial charge in [-0.1, -0.05) is 0 Å². The smallest absolute Gasteiger partial charge is 0.342 e. The van der Waals surface area contributed by atoms with Gasteiger partial charge in [0.15, 0.2) is 5.69 Å². The lowest BCUT2D eigenvalue weighted by atomic mass is 10.1. The average Bonchev–Trinajstić information content (AvgIpc) is 2.52. The standard InChI is InChI=1S/C12H19N3O3/c1-7-8(11(17)18-6)9(14-15(7)5)10(16)13-12(2,3)4/h1-6H3,(H,13,16). The molecule has 1 rings (SSSR count). The van der Waals surface area contributed by atoms with Gasteiger partial charge in [0.25, 0.3) is 5.91 Å². The van der Waals surface area contributed by atoms with Gasteiger partial charge < -0.3 is 10.1 Å². The summed E-state index contributed by atoms with van der Waals surface area (Å²) in [5.74, 6) is -0.939. The van der Waals surface area contributed by atoms with Crippen LogP contribution in [0.15, 0.2) is 0 Å². The first kappa shape index (κ1) is 14.2. The van der Waals surface area contributed by atoms with Crippen LogP contribution in [0.2, 0.25) is 0 Å². The third-order valence-electron chi connectivity index (χ3n) is 2.43. The Morgan fingerprint density at radius 1 is 1.33 bits per heavy atom. The van der Waals surface area contributed by atoms with Crippen molar-refractivity contribution in [2.75, 3.05) is 7.11 Å². The summed E-state index contributed by atoms with van der Waals surface area (Å²) in [6.07, 6.45) is 0. The molecule has 0 atom stereocenters. The molecule has 0 aromatic carbocycles. The number of aryl methyl sites for hydroxylation is 1. The highest BCUT2D eigenvalue weighted by Gasteiger charge is 2.27. The highest BCUT2D eigenvalue weighted by Crippen LogP contribution is 2.15. The third-order valence-corrected chi connectivity index (χ3v) is 2.43. The summed E-state index contributed by atoms with van der Waals surface area (Å²) in [6.45, 7) is 7.29. The molecular formula is C12H19N3O3. The van der Waals surface area contributed by atoms with Crippen LogP contribution < -0.4 is 5.32 Å². The highest BCUT2D eigenvalue weighted by atomic mass is 16.5. The number of aromatic nitrogens is 2. The lowest BCUT2D eigenvalue weighted by Gasteiger charge is -2.19. The predicted octanol–water partition coefficient (Wildman–Crippen LogP) is 1.04. The Hall–Kier alpha value is -1.85. The molecule has 0 saturated heterocycles.